The van der Waals surface area contributed by atoms with Crippen LogP contribution in [0.25, 0.3) is 0 Å². The van der Waals surface area contributed by atoms with Crippen molar-refractivity contribution in [1.29, 1.82) is 0 Å². The highest BCUT2D eigenvalue weighted by Crippen LogP contribution is 2.43. The summed E-state index contributed by atoms with van der Waals surface area (Å²) in [5.41, 5.74) is 6.43. The van der Waals surface area contributed by atoms with E-state index in [0.29, 0.717) is 0 Å². The van der Waals surface area contributed by atoms with Crippen molar-refractivity contribution in [2.45, 2.75) is 0 Å². The summed E-state index contributed by atoms with van der Waals surface area (Å²) in [5, 5.41) is 4.39. The molecule has 1 aliphatic heterocycles. The van der Waals surface area contributed by atoms with E-state index in [-0.39, 0.29) is 0 Å². The van der Waals surface area contributed by atoms with Crippen molar-refractivity contribution in [1.82, 2.24) is 0 Å². The van der Waals surface area contributed by atoms with Crippen molar-refractivity contribution < 1.29 is 0 Å². The van der Waals surface area contributed by atoms with E-state index < -0.39 is 10.0 Å². The van der Waals surface area contributed by atoms with E-state index in [1.807, 2.05) is 18.2 Å². The molecular weight excluding hydrogens is 142 g/mol. The molecule has 2 N–H and O–H groups in total. The molecule has 0 radical (unpaired) electrons. The molecule has 0 atom stereocenters. The highest BCUT2D eigenvalue weighted by Gasteiger charge is 2.02. The second-order valence-corrected chi connectivity index (χ2v) is 6.30. The van der Waals surface area contributed by atoms with Gasteiger partial charge in [-0.1, -0.05) is 6.08 Å². The molecule has 0 saturated heterocycles. The van der Waals surface area contributed by atoms with E-state index >= 15 is 0 Å². The molecule has 1 aliphatic rings. The second-order valence-electron chi connectivity index (χ2n) is 2.79. The molecule has 0 aromatic heterocycles. The lowest BCUT2D eigenvalue weighted by Gasteiger charge is -2.20. The zero-order valence-electron chi connectivity index (χ0n) is 6.37. The smallest absolute Gasteiger partial charge is 0.0318 e. The van der Waals surface area contributed by atoms with Crippen molar-refractivity contribution in [2.24, 2.45) is 5.73 Å². The first-order valence-electron chi connectivity index (χ1n) is 3.15. The van der Waals surface area contributed by atoms with Crippen LogP contribution in [0.5, 0.6) is 0 Å². The maximum atomic E-state index is 5.59. The summed E-state index contributed by atoms with van der Waals surface area (Å²) in [4.78, 5) is 0. The molecule has 0 spiro atoms. The van der Waals surface area contributed by atoms with Crippen LogP contribution in [-0.4, -0.2) is 12.5 Å². The number of rotatable bonds is 0. The van der Waals surface area contributed by atoms with Crippen LogP contribution in [0.2, 0.25) is 0 Å². The fourth-order valence-corrected chi connectivity index (χ4v) is 1.79. The predicted octanol–water partition coefficient (Wildman–Crippen LogP) is 1.93. The average molecular weight is 155 g/mol. The molecule has 2 heteroatoms. The van der Waals surface area contributed by atoms with E-state index in [1.54, 1.807) is 0 Å². The maximum absolute atomic E-state index is 5.59. The zero-order chi connectivity index (χ0) is 7.61. The van der Waals surface area contributed by atoms with Crippen molar-refractivity contribution in [3.8, 4) is 0 Å². The van der Waals surface area contributed by atoms with Crippen LogP contribution in [-0.2, 0) is 0 Å². The SMILES string of the molecule is CS1(C)C=CC=C(N)C=C1. The van der Waals surface area contributed by atoms with E-state index in [0.717, 1.165) is 5.70 Å². The molecule has 0 aromatic rings. The van der Waals surface area contributed by atoms with Gasteiger partial charge in [-0.05, 0) is 35.5 Å². The molecule has 1 heterocycles. The summed E-state index contributed by atoms with van der Waals surface area (Å²) in [5.74, 6) is 0. The molecule has 56 valence electrons. The third-order valence-corrected chi connectivity index (χ3v) is 3.03. The highest BCUT2D eigenvalue weighted by molar-refractivity contribution is 8.37. The predicted molar refractivity (Wildman–Crippen MR) is 50.0 cm³/mol. The first-order chi connectivity index (χ1) is 4.60. The Morgan fingerprint density at radius 3 is 2.70 bits per heavy atom. The quantitative estimate of drug-likeness (QED) is 0.568. The standard InChI is InChI=1S/C8H13NS/c1-10(2)6-3-4-8(9)5-7-10/h3-7H,9H2,1-2H3. The lowest BCUT2D eigenvalue weighted by Crippen LogP contribution is -1.90. The fraction of sp³-hybridized carbons (Fsp3) is 0.250. The summed E-state index contributed by atoms with van der Waals surface area (Å²) < 4.78 is 0. The summed E-state index contributed by atoms with van der Waals surface area (Å²) in [6.45, 7) is 0. The molecular formula is C8H13NS. The van der Waals surface area contributed by atoms with Crippen LogP contribution in [0.4, 0.5) is 0 Å². The third-order valence-electron chi connectivity index (χ3n) is 1.33. The lowest BCUT2D eigenvalue weighted by molar-refractivity contribution is 1.43. The van der Waals surface area contributed by atoms with Gasteiger partial charge in [-0.15, -0.1) is 0 Å². The highest BCUT2D eigenvalue weighted by atomic mass is 32.3. The molecule has 0 aliphatic carbocycles. The summed E-state index contributed by atoms with van der Waals surface area (Å²) in [6.07, 6.45) is 10.4. The van der Waals surface area contributed by atoms with Crippen molar-refractivity contribution >= 4 is 10.0 Å². The molecule has 10 heavy (non-hydrogen) atoms. The topological polar surface area (TPSA) is 26.0 Å². The van der Waals surface area contributed by atoms with Crippen LogP contribution in [0.3, 0.4) is 0 Å². The molecule has 1 nitrogen and oxygen atoms in total. The Balaban J connectivity index is 2.88. The van der Waals surface area contributed by atoms with E-state index in [1.165, 1.54) is 0 Å². The van der Waals surface area contributed by atoms with Gasteiger partial charge in [0.15, 0.2) is 0 Å². The Kier molecular flexibility index (Phi) is 1.90. The van der Waals surface area contributed by atoms with Crippen molar-refractivity contribution in [3.05, 3.63) is 34.7 Å². The molecule has 0 saturated carbocycles. The van der Waals surface area contributed by atoms with Gasteiger partial charge in [0.1, 0.15) is 0 Å². The van der Waals surface area contributed by atoms with Gasteiger partial charge in [-0.25, -0.2) is 10.0 Å². The minimum atomic E-state index is -0.645. The number of hydrogen-bond acceptors (Lipinski definition) is 1. The Morgan fingerprint density at radius 1 is 1.30 bits per heavy atom. The van der Waals surface area contributed by atoms with Crippen LogP contribution >= 0.6 is 10.0 Å². The summed E-state index contributed by atoms with van der Waals surface area (Å²) >= 11 is 0. The van der Waals surface area contributed by atoms with Gasteiger partial charge in [-0.3, -0.25) is 0 Å². The Hall–Kier alpha value is -0.630. The maximum Gasteiger partial charge on any atom is 0.0318 e. The van der Waals surface area contributed by atoms with Gasteiger partial charge >= 0.3 is 0 Å². The van der Waals surface area contributed by atoms with Crippen molar-refractivity contribution in [3.63, 3.8) is 0 Å². The molecule has 0 bridgehead atoms. The molecule has 0 aromatic carbocycles. The Bertz CT molecular complexity index is 211. The van der Waals surface area contributed by atoms with Gasteiger partial charge in [0, 0.05) is 5.70 Å². The van der Waals surface area contributed by atoms with E-state index in [2.05, 4.69) is 23.3 Å². The average Bonchev–Trinajstić information content (AvgIpc) is 1.94. The van der Waals surface area contributed by atoms with Gasteiger partial charge in [0.25, 0.3) is 0 Å². The lowest BCUT2D eigenvalue weighted by atomic mass is 10.4. The van der Waals surface area contributed by atoms with Crippen LogP contribution in [0.1, 0.15) is 0 Å². The fourth-order valence-electron chi connectivity index (χ4n) is 0.708. The Labute approximate surface area is 63.6 Å². The minimum absolute atomic E-state index is 0.645. The molecule has 0 unspecified atom stereocenters. The number of hydrogen-bond donors (Lipinski definition) is 1. The summed E-state index contributed by atoms with van der Waals surface area (Å²) in [6, 6.07) is 0. The first-order valence-corrected chi connectivity index (χ1v) is 5.73. The first kappa shape index (κ1) is 7.48. The van der Waals surface area contributed by atoms with Gasteiger partial charge in [0.2, 0.25) is 0 Å². The largest absolute Gasteiger partial charge is 0.399 e. The van der Waals surface area contributed by atoms with Gasteiger partial charge in [0.05, 0.1) is 0 Å². The summed E-state index contributed by atoms with van der Waals surface area (Å²) in [7, 11) is -0.645. The second kappa shape index (κ2) is 2.54. The monoisotopic (exact) mass is 155 g/mol. The van der Waals surface area contributed by atoms with E-state index in [4.69, 9.17) is 5.73 Å². The van der Waals surface area contributed by atoms with Crippen LogP contribution < -0.4 is 5.73 Å². The Morgan fingerprint density at radius 2 is 2.00 bits per heavy atom. The van der Waals surface area contributed by atoms with E-state index in [9.17, 15) is 0 Å². The number of nitrogens with two attached hydrogens (primary N) is 1. The minimum Gasteiger partial charge on any atom is -0.399 e. The molecule has 1 rings (SSSR count). The third kappa shape index (κ3) is 1.95. The zero-order valence-corrected chi connectivity index (χ0v) is 7.19. The van der Waals surface area contributed by atoms with Crippen molar-refractivity contribution in [2.75, 3.05) is 12.5 Å². The van der Waals surface area contributed by atoms with Crippen LogP contribution in [0.15, 0.2) is 34.7 Å². The van der Waals surface area contributed by atoms with Gasteiger partial charge in [-0.2, -0.15) is 0 Å². The normalized spacial score (nSPS) is 25.2. The van der Waals surface area contributed by atoms with Gasteiger partial charge < -0.3 is 5.73 Å². The van der Waals surface area contributed by atoms with Crippen LogP contribution in [0, 0.1) is 0 Å². The molecule has 0 amide bonds. The number of allylic oxidation sites excluding steroid dienone is 3. The molecule has 0 fully saturated rings.